The van der Waals surface area contributed by atoms with Crippen LogP contribution in [0, 0.1) is 11.3 Å². The Labute approximate surface area is 96.9 Å². The van der Waals surface area contributed by atoms with Crippen molar-refractivity contribution in [2.24, 2.45) is 0 Å². The van der Waals surface area contributed by atoms with E-state index in [0.717, 1.165) is 23.0 Å². The molecular formula is C11H11BrN2O. The van der Waals surface area contributed by atoms with E-state index in [2.05, 4.69) is 27.3 Å². The number of hydrogen-bond acceptors (Lipinski definition) is 3. The lowest BCUT2D eigenvalue weighted by atomic mass is 9.89. The van der Waals surface area contributed by atoms with E-state index in [-0.39, 0.29) is 6.10 Å². The molecule has 0 unspecified atom stereocenters. The minimum absolute atomic E-state index is 0.153. The van der Waals surface area contributed by atoms with Gasteiger partial charge in [-0.2, -0.15) is 5.26 Å². The van der Waals surface area contributed by atoms with Crippen LogP contribution in [0.2, 0.25) is 0 Å². The first-order valence-corrected chi connectivity index (χ1v) is 5.62. The summed E-state index contributed by atoms with van der Waals surface area (Å²) >= 11 is 3.41. The fourth-order valence-electron chi connectivity index (χ4n) is 1.63. The molecule has 0 heterocycles. The van der Waals surface area contributed by atoms with E-state index in [1.165, 1.54) is 0 Å². The third-order valence-corrected chi connectivity index (χ3v) is 3.23. The average molecular weight is 267 g/mol. The third-order valence-electron chi connectivity index (χ3n) is 2.57. The fourth-order valence-corrected chi connectivity index (χ4v) is 2.12. The van der Waals surface area contributed by atoms with Gasteiger partial charge in [-0.25, -0.2) is 0 Å². The number of hydrogen-bond donors (Lipinski definition) is 2. The summed E-state index contributed by atoms with van der Waals surface area (Å²) in [6.45, 7) is 0. The molecule has 0 saturated heterocycles. The van der Waals surface area contributed by atoms with Crippen LogP contribution in [0.3, 0.4) is 0 Å². The third kappa shape index (κ3) is 2.31. The predicted molar refractivity (Wildman–Crippen MR) is 61.5 cm³/mol. The second-order valence-corrected chi connectivity index (χ2v) is 4.63. The Morgan fingerprint density at radius 2 is 2.20 bits per heavy atom. The van der Waals surface area contributed by atoms with E-state index in [0.29, 0.717) is 11.6 Å². The Kier molecular flexibility index (Phi) is 2.94. The molecule has 78 valence electrons. The monoisotopic (exact) mass is 266 g/mol. The van der Waals surface area contributed by atoms with Crippen LogP contribution < -0.4 is 5.32 Å². The van der Waals surface area contributed by atoms with Gasteiger partial charge < -0.3 is 10.4 Å². The van der Waals surface area contributed by atoms with Crippen LogP contribution in [0.15, 0.2) is 22.7 Å². The number of nitriles is 1. The van der Waals surface area contributed by atoms with Crippen molar-refractivity contribution >= 4 is 21.6 Å². The van der Waals surface area contributed by atoms with Crippen molar-refractivity contribution in [1.82, 2.24) is 0 Å². The lowest BCUT2D eigenvalue weighted by Crippen LogP contribution is -2.39. The Hall–Kier alpha value is -1.05. The zero-order chi connectivity index (χ0) is 10.8. The number of benzene rings is 1. The Morgan fingerprint density at radius 1 is 1.47 bits per heavy atom. The second kappa shape index (κ2) is 4.21. The quantitative estimate of drug-likeness (QED) is 0.864. The smallest absolute Gasteiger partial charge is 0.0992 e. The molecule has 0 aromatic heterocycles. The van der Waals surface area contributed by atoms with Crippen molar-refractivity contribution < 1.29 is 5.11 Å². The van der Waals surface area contributed by atoms with Crippen LogP contribution in [-0.4, -0.2) is 17.3 Å². The van der Waals surface area contributed by atoms with Gasteiger partial charge in [0, 0.05) is 16.2 Å². The van der Waals surface area contributed by atoms with Crippen LogP contribution >= 0.6 is 15.9 Å². The Morgan fingerprint density at radius 3 is 2.73 bits per heavy atom. The van der Waals surface area contributed by atoms with Crippen LogP contribution in [0.25, 0.3) is 0 Å². The zero-order valence-corrected chi connectivity index (χ0v) is 9.66. The van der Waals surface area contributed by atoms with E-state index in [4.69, 9.17) is 10.4 Å². The molecule has 1 aliphatic rings. The molecule has 2 N–H and O–H groups in total. The van der Waals surface area contributed by atoms with Gasteiger partial charge in [0.1, 0.15) is 0 Å². The van der Waals surface area contributed by atoms with Gasteiger partial charge in [-0.15, -0.1) is 0 Å². The highest BCUT2D eigenvalue weighted by Crippen LogP contribution is 2.29. The molecule has 4 heteroatoms. The van der Waals surface area contributed by atoms with Gasteiger partial charge in [-0.05, 0) is 47.0 Å². The van der Waals surface area contributed by atoms with Crippen molar-refractivity contribution in [3.8, 4) is 6.07 Å². The molecule has 0 radical (unpaired) electrons. The maximum Gasteiger partial charge on any atom is 0.0992 e. The van der Waals surface area contributed by atoms with Gasteiger partial charge in [0.15, 0.2) is 0 Å². The summed E-state index contributed by atoms with van der Waals surface area (Å²) in [5.74, 6) is 0. The van der Waals surface area contributed by atoms with Gasteiger partial charge in [0.05, 0.1) is 17.7 Å². The Balaban J connectivity index is 2.06. The van der Waals surface area contributed by atoms with Gasteiger partial charge in [0.2, 0.25) is 0 Å². The maximum atomic E-state index is 9.15. The summed E-state index contributed by atoms with van der Waals surface area (Å²) in [4.78, 5) is 0. The van der Waals surface area contributed by atoms with Crippen LogP contribution in [0.1, 0.15) is 18.4 Å². The number of aliphatic hydroxyl groups excluding tert-OH is 1. The average Bonchev–Trinajstić information content (AvgIpc) is 2.18. The second-order valence-electron chi connectivity index (χ2n) is 3.77. The summed E-state index contributed by atoms with van der Waals surface area (Å²) in [5.41, 5.74) is 1.62. The molecule has 15 heavy (non-hydrogen) atoms. The first-order chi connectivity index (χ1) is 7.19. The fraction of sp³-hybridized carbons (Fsp3) is 0.364. The number of aliphatic hydroxyl groups is 1. The van der Waals surface area contributed by atoms with Gasteiger partial charge in [-0.3, -0.25) is 0 Å². The van der Waals surface area contributed by atoms with Crippen molar-refractivity contribution in [3.05, 3.63) is 28.2 Å². The molecule has 1 aromatic carbocycles. The first-order valence-electron chi connectivity index (χ1n) is 4.83. The summed E-state index contributed by atoms with van der Waals surface area (Å²) in [7, 11) is 0. The lowest BCUT2D eigenvalue weighted by molar-refractivity contribution is 0.0836. The first kappa shape index (κ1) is 10.5. The highest BCUT2D eigenvalue weighted by molar-refractivity contribution is 9.10. The van der Waals surface area contributed by atoms with Crippen LogP contribution in [0.5, 0.6) is 0 Å². The number of anilines is 1. The molecule has 1 aliphatic carbocycles. The number of nitrogens with zero attached hydrogens (tertiary/aromatic N) is 1. The number of rotatable bonds is 2. The van der Waals surface area contributed by atoms with E-state index in [1.54, 1.807) is 12.1 Å². The number of halogens is 1. The van der Waals surface area contributed by atoms with Crippen LogP contribution in [-0.2, 0) is 0 Å². The molecule has 0 aliphatic heterocycles. The molecule has 0 spiro atoms. The van der Waals surface area contributed by atoms with Crippen LogP contribution in [0.4, 0.5) is 5.69 Å². The van der Waals surface area contributed by atoms with Crippen molar-refractivity contribution in [2.75, 3.05) is 5.32 Å². The normalized spacial score (nSPS) is 24.1. The van der Waals surface area contributed by atoms with E-state index < -0.39 is 0 Å². The molecule has 0 atom stereocenters. The molecule has 0 bridgehead atoms. The highest BCUT2D eigenvalue weighted by Gasteiger charge is 2.27. The van der Waals surface area contributed by atoms with E-state index in [9.17, 15) is 0 Å². The summed E-state index contributed by atoms with van der Waals surface area (Å²) in [6, 6.07) is 7.89. The molecule has 0 amide bonds. The molecule has 1 fully saturated rings. The highest BCUT2D eigenvalue weighted by atomic mass is 79.9. The minimum Gasteiger partial charge on any atom is -0.393 e. The van der Waals surface area contributed by atoms with E-state index in [1.807, 2.05) is 6.07 Å². The summed E-state index contributed by atoms with van der Waals surface area (Å²) in [6.07, 6.45) is 1.44. The minimum atomic E-state index is -0.153. The topological polar surface area (TPSA) is 56.0 Å². The van der Waals surface area contributed by atoms with Gasteiger partial charge >= 0.3 is 0 Å². The maximum absolute atomic E-state index is 9.15. The van der Waals surface area contributed by atoms with Crippen molar-refractivity contribution in [2.45, 2.75) is 25.0 Å². The largest absolute Gasteiger partial charge is 0.393 e. The standard InChI is InChI=1S/C11H11BrN2O/c12-10-3-7(6-13)1-2-11(10)14-8-4-9(15)5-8/h1-3,8-9,14-15H,4-5H2. The van der Waals surface area contributed by atoms with Gasteiger partial charge in [0.25, 0.3) is 0 Å². The molecule has 1 saturated carbocycles. The predicted octanol–water partition coefficient (Wildman–Crippen LogP) is 2.26. The molecule has 1 aromatic rings. The zero-order valence-electron chi connectivity index (χ0n) is 8.07. The van der Waals surface area contributed by atoms with Gasteiger partial charge in [-0.1, -0.05) is 0 Å². The molecule has 3 nitrogen and oxygen atoms in total. The molecular weight excluding hydrogens is 256 g/mol. The number of nitrogens with one attached hydrogen (secondary N) is 1. The van der Waals surface area contributed by atoms with Crippen molar-refractivity contribution in [1.29, 1.82) is 5.26 Å². The molecule has 2 rings (SSSR count). The Bertz CT molecular complexity index is 408. The van der Waals surface area contributed by atoms with Crippen molar-refractivity contribution in [3.63, 3.8) is 0 Å². The summed E-state index contributed by atoms with van der Waals surface area (Å²) < 4.78 is 0.892. The van der Waals surface area contributed by atoms with E-state index >= 15 is 0 Å². The SMILES string of the molecule is N#Cc1ccc(NC2CC(O)C2)c(Br)c1. The summed E-state index contributed by atoms with van der Waals surface area (Å²) in [5, 5.41) is 21.2. The lowest BCUT2D eigenvalue weighted by Gasteiger charge is -2.33.